The summed E-state index contributed by atoms with van der Waals surface area (Å²) < 4.78 is 6.66. The molecule has 0 saturated carbocycles. The second-order valence-electron chi connectivity index (χ2n) is 3.09. The van der Waals surface area contributed by atoms with E-state index in [4.69, 9.17) is 4.42 Å². The molecule has 3 heteroatoms. The van der Waals surface area contributed by atoms with E-state index in [1.165, 1.54) is 0 Å². The van der Waals surface area contributed by atoms with Crippen molar-refractivity contribution in [2.45, 2.75) is 0 Å². The molecule has 0 unspecified atom stereocenters. The molecule has 3 aromatic rings. The van der Waals surface area contributed by atoms with E-state index in [-0.39, 0.29) is 0 Å². The van der Waals surface area contributed by atoms with Crippen molar-refractivity contribution in [1.82, 2.24) is 4.98 Å². The molecule has 0 aliphatic rings. The number of hydrogen-bond donors (Lipinski definition) is 0. The van der Waals surface area contributed by atoms with Crippen LogP contribution in [0, 0.1) is 0 Å². The van der Waals surface area contributed by atoms with Gasteiger partial charge in [-0.05, 0) is 30.3 Å². The van der Waals surface area contributed by atoms with Gasteiger partial charge in [0.1, 0.15) is 11.1 Å². The molecule has 1 aromatic carbocycles. The normalized spacial score (nSPS) is 11.2. The molecular weight excluding hydrogens is 242 g/mol. The van der Waals surface area contributed by atoms with Gasteiger partial charge in [0.25, 0.3) is 0 Å². The molecule has 0 radical (unpaired) electrons. The number of halogens is 1. The van der Waals surface area contributed by atoms with Crippen molar-refractivity contribution in [3.63, 3.8) is 0 Å². The van der Waals surface area contributed by atoms with Crippen molar-refractivity contribution in [3.8, 4) is 0 Å². The highest BCUT2D eigenvalue weighted by molar-refractivity contribution is 9.10. The average molecular weight is 248 g/mol. The Balaban J connectivity index is 2.58. The van der Waals surface area contributed by atoms with Crippen LogP contribution in [0.15, 0.2) is 45.4 Å². The number of benzene rings is 1. The van der Waals surface area contributed by atoms with Gasteiger partial charge < -0.3 is 4.42 Å². The monoisotopic (exact) mass is 247 g/mol. The van der Waals surface area contributed by atoms with Gasteiger partial charge in [0.15, 0.2) is 5.58 Å². The van der Waals surface area contributed by atoms with E-state index in [0.717, 1.165) is 26.5 Å². The summed E-state index contributed by atoms with van der Waals surface area (Å²) in [5, 5.41) is 1.05. The van der Waals surface area contributed by atoms with Gasteiger partial charge in [-0.1, -0.05) is 15.9 Å². The smallest absolute Gasteiger partial charge is 0.153 e. The van der Waals surface area contributed by atoms with Crippen LogP contribution in [0.1, 0.15) is 0 Å². The Morgan fingerprint density at radius 3 is 3.00 bits per heavy atom. The van der Waals surface area contributed by atoms with Crippen LogP contribution in [0.25, 0.3) is 22.1 Å². The van der Waals surface area contributed by atoms with Gasteiger partial charge in [-0.3, -0.25) is 4.98 Å². The number of rotatable bonds is 0. The largest absolute Gasteiger partial charge is 0.454 e. The maximum Gasteiger partial charge on any atom is 0.153 e. The minimum atomic E-state index is 0.834. The van der Waals surface area contributed by atoms with Crippen molar-refractivity contribution in [2.75, 3.05) is 0 Å². The first-order chi connectivity index (χ1) is 6.84. The fraction of sp³-hybridized carbons (Fsp3) is 0. The van der Waals surface area contributed by atoms with E-state index in [1.807, 2.05) is 30.3 Å². The zero-order valence-electron chi connectivity index (χ0n) is 7.20. The number of nitrogens with zero attached hydrogens (tertiary/aromatic N) is 1. The first-order valence-corrected chi connectivity index (χ1v) is 5.07. The molecular formula is C11H6BrNO. The van der Waals surface area contributed by atoms with Gasteiger partial charge in [0.05, 0.1) is 0 Å². The third-order valence-corrected chi connectivity index (χ3v) is 2.68. The topological polar surface area (TPSA) is 26.0 Å². The van der Waals surface area contributed by atoms with Gasteiger partial charge in [-0.15, -0.1) is 0 Å². The van der Waals surface area contributed by atoms with Crippen LogP contribution in [0.5, 0.6) is 0 Å². The zero-order valence-corrected chi connectivity index (χ0v) is 8.78. The summed E-state index contributed by atoms with van der Waals surface area (Å²) in [6, 6.07) is 9.73. The molecule has 0 aliphatic carbocycles. The lowest BCUT2D eigenvalue weighted by Crippen LogP contribution is -1.71. The molecule has 14 heavy (non-hydrogen) atoms. The SMILES string of the molecule is Brc1ccc2oc3cccnc3c2c1. The minimum Gasteiger partial charge on any atom is -0.454 e. The second kappa shape index (κ2) is 2.82. The fourth-order valence-corrected chi connectivity index (χ4v) is 1.93. The van der Waals surface area contributed by atoms with E-state index >= 15 is 0 Å². The van der Waals surface area contributed by atoms with Crippen LogP contribution >= 0.6 is 15.9 Å². The Hall–Kier alpha value is -1.35. The average Bonchev–Trinajstić information content (AvgIpc) is 2.56. The van der Waals surface area contributed by atoms with Gasteiger partial charge >= 0.3 is 0 Å². The molecule has 2 heterocycles. The molecule has 0 amide bonds. The van der Waals surface area contributed by atoms with Crippen molar-refractivity contribution in [3.05, 3.63) is 41.0 Å². The summed E-state index contributed by atoms with van der Waals surface area (Å²) in [5.74, 6) is 0. The third kappa shape index (κ3) is 1.06. The van der Waals surface area contributed by atoms with Gasteiger partial charge in [0, 0.05) is 16.1 Å². The van der Waals surface area contributed by atoms with E-state index in [1.54, 1.807) is 6.20 Å². The lowest BCUT2D eigenvalue weighted by atomic mass is 10.2. The minimum absolute atomic E-state index is 0.834. The lowest BCUT2D eigenvalue weighted by molar-refractivity contribution is 0.668. The number of hydrogen-bond acceptors (Lipinski definition) is 2. The Kier molecular flexibility index (Phi) is 1.61. The molecule has 0 atom stereocenters. The fourth-order valence-electron chi connectivity index (χ4n) is 1.57. The maximum atomic E-state index is 5.62. The van der Waals surface area contributed by atoms with Gasteiger partial charge in [-0.2, -0.15) is 0 Å². The molecule has 0 N–H and O–H groups in total. The Labute approximate surface area is 88.7 Å². The molecule has 0 fully saturated rings. The predicted octanol–water partition coefficient (Wildman–Crippen LogP) is 3.74. The van der Waals surface area contributed by atoms with E-state index < -0.39 is 0 Å². The molecule has 68 valence electrons. The summed E-state index contributed by atoms with van der Waals surface area (Å²) in [6.07, 6.45) is 1.78. The first-order valence-electron chi connectivity index (χ1n) is 4.27. The molecule has 2 nitrogen and oxygen atoms in total. The van der Waals surface area contributed by atoms with Crippen molar-refractivity contribution in [2.24, 2.45) is 0 Å². The zero-order chi connectivity index (χ0) is 9.54. The van der Waals surface area contributed by atoms with E-state index in [9.17, 15) is 0 Å². The Morgan fingerprint density at radius 1 is 1.14 bits per heavy atom. The van der Waals surface area contributed by atoms with Crippen molar-refractivity contribution >= 4 is 38.0 Å². The summed E-state index contributed by atoms with van der Waals surface area (Å²) in [7, 11) is 0. The number of pyridine rings is 1. The molecule has 0 saturated heterocycles. The quantitative estimate of drug-likeness (QED) is 0.605. The second-order valence-corrected chi connectivity index (χ2v) is 4.01. The highest BCUT2D eigenvalue weighted by atomic mass is 79.9. The Morgan fingerprint density at radius 2 is 2.07 bits per heavy atom. The first kappa shape index (κ1) is 8.00. The number of aromatic nitrogens is 1. The maximum absolute atomic E-state index is 5.62. The summed E-state index contributed by atoms with van der Waals surface area (Å²) in [6.45, 7) is 0. The third-order valence-electron chi connectivity index (χ3n) is 2.19. The number of fused-ring (bicyclic) bond motifs is 3. The Bertz CT molecular complexity index is 615. The standard InChI is InChI=1S/C11H6BrNO/c12-7-3-4-9-8(6-7)11-10(14-9)2-1-5-13-11/h1-6H. The molecule has 2 aromatic heterocycles. The van der Waals surface area contributed by atoms with Crippen LogP contribution < -0.4 is 0 Å². The lowest BCUT2D eigenvalue weighted by Gasteiger charge is -1.89. The van der Waals surface area contributed by atoms with Crippen LogP contribution in [0.4, 0.5) is 0 Å². The molecule has 0 aliphatic heterocycles. The van der Waals surface area contributed by atoms with E-state index in [2.05, 4.69) is 20.9 Å². The van der Waals surface area contributed by atoms with Crippen LogP contribution in [0.2, 0.25) is 0 Å². The van der Waals surface area contributed by atoms with E-state index in [0.29, 0.717) is 0 Å². The predicted molar refractivity (Wildman–Crippen MR) is 59.2 cm³/mol. The summed E-state index contributed by atoms with van der Waals surface area (Å²) >= 11 is 3.43. The van der Waals surface area contributed by atoms with Crippen LogP contribution in [-0.2, 0) is 0 Å². The summed E-state index contributed by atoms with van der Waals surface area (Å²) in [5.41, 5.74) is 2.63. The summed E-state index contributed by atoms with van der Waals surface area (Å²) in [4.78, 5) is 4.30. The van der Waals surface area contributed by atoms with Gasteiger partial charge in [-0.25, -0.2) is 0 Å². The number of furan rings is 1. The highest BCUT2D eigenvalue weighted by Gasteiger charge is 2.06. The molecule has 3 rings (SSSR count). The van der Waals surface area contributed by atoms with Crippen LogP contribution in [-0.4, -0.2) is 4.98 Å². The van der Waals surface area contributed by atoms with Crippen molar-refractivity contribution < 1.29 is 4.42 Å². The van der Waals surface area contributed by atoms with Gasteiger partial charge in [0.2, 0.25) is 0 Å². The highest BCUT2D eigenvalue weighted by Crippen LogP contribution is 2.28. The van der Waals surface area contributed by atoms with Crippen molar-refractivity contribution in [1.29, 1.82) is 0 Å². The van der Waals surface area contributed by atoms with Crippen LogP contribution in [0.3, 0.4) is 0 Å². The molecule has 0 bridgehead atoms. The molecule has 0 spiro atoms.